The van der Waals surface area contributed by atoms with Gasteiger partial charge in [-0.05, 0) is 13.8 Å². The molecule has 1 rings (SSSR count). The van der Waals surface area contributed by atoms with Crippen molar-refractivity contribution in [1.82, 2.24) is 0 Å². The molecule has 0 N–H and O–H groups in total. The summed E-state index contributed by atoms with van der Waals surface area (Å²) in [4.78, 5) is 2.44. The second-order valence-corrected chi connectivity index (χ2v) is 2.89. The van der Waals surface area contributed by atoms with Crippen LogP contribution in [0, 0.1) is 0 Å². The van der Waals surface area contributed by atoms with Crippen molar-refractivity contribution in [1.29, 1.82) is 0 Å². The third-order valence-corrected chi connectivity index (χ3v) is 1.54. The maximum Gasteiger partial charge on any atom is 0.0372 e. The number of allylic oxidation sites excluding steroid dienone is 2. The molecule has 0 aromatic rings. The summed E-state index contributed by atoms with van der Waals surface area (Å²) in [5.74, 6) is 0. The average Bonchev–Trinajstić information content (AvgIpc) is 1.87. The molecule has 7 heavy (non-hydrogen) atoms. The predicted octanol–water partition coefficient (Wildman–Crippen LogP) is 2.29. The van der Waals surface area contributed by atoms with Gasteiger partial charge in [0.2, 0.25) is 0 Å². The maximum absolute atomic E-state index is 2.96. The van der Waals surface area contributed by atoms with Gasteiger partial charge in [-0.2, -0.15) is 0 Å². The quantitative estimate of drug-likeness (QED) is 0.431. The van der Waals surface area contributed by atoms with Crippen molar-refractivity contribution in [3.8, 4) is 0 Å². The first-order valence-corrected chi connectivity index (χ1v) is 2.97. The lowest BCUT2D eigenvalue weighted by Gasteiger charge is -1.84. The summed E-state index contributed by atoms with van der Waals surface area (Å²) in [5, 5.41) is 0. The third kappa shape index (κ3) is 1.01. The molecular weight excluding hydrogens is 104 g/mol. The van der Waals surface area contributed by atoms with Gasteiger partial charge in [-0.25, -0.2) is 0 Å². The molecule has 0 radical (unpaired) electrons. The van der Waals surface area contributed by atoms with E-state index in [1.54, 1.807) is 11.8 Å². The van der Waals surface area contributed by atoms with Gasteiger partial charge in [0.1, 0.15) is 0 Å². The Bertz CT molecular complexity index is 156. The molecule has 0 saturated heterocycles. The van der Waals surface area contributed by atoms with E-state index in [9.17, 15) is 0 Å². The van der Waals surface area contributed by atoms with Crippen LogP contribution in [0.15, 0.2) is 21.3 Å². The van der Waals surface area contributed by atoms with Crippen molar-refractivity contribution in [2.75, 3.05) is 0 Å². The van der Waals surface area contributed by atoms with Crippen molar-refractivity contribution in [2.24, 2.45) is 0 Å². The van der Waals surface area contributed by atoms with Crippen LogP contribution >= 0.6 is 11.8 Å². The Kier molecular flexibility index (Phi) is 1.12. The van der Waals surface area contributed by atoms with Gasteiger partial charge in [-0.15, -0.1) is 0 Å². The molecule has 1 heterocycles. The van der Waals surface area contributed by atoms with Crippen LogP contribution in [0.5, 0.6) is 0 Å². The molecule has 0 atom stereocenters. The van der Waals surface area contributed by atoms with E-state index in [4.69, 9.17) is 0 Å². The lowest BCUT2D eigenvalue weighted by molar-refractivity contribution is 1.71. The van der Waals surface area contributed by atoms with Gasteiger partial charge in [0, 0.05) is 9.81 Å². The number of hydrogen-bond acceptors (Lipinski definition) is 1. The first-order chi connectivity index (χ1) is 3.29. The minimum absolute atomic E-state index is 1.22. The standard InChI is InChI=1S/C6H6S/c1-5-3-4-6(2)7-5/h1-2H3. The maximum atomic E-state index is 2.96. The predicted molar refractivity (Wildman–Crippen MR) is 33.0 cm³/mol. The summed E-state index contributed by atoms with van der Waals surface area (Å²) < 4.78 is 0. The molecule has 1 heteroatoms. The smallest absolute Gasteiger partial charge is 0.0372 e. The summed E-state index contributed by atoms with van der Waals surface area (Å²) in [6, 6.07) is 0. The highest BCUT2D eigenvalue weighted by molar-refractivity contribution is 8.06. The van der Waals surface area contributed by atoms with Crippen LogP contribution in [-0.4, -0.2) is 0 Å². The minimum Gasteiger partial charge on any atom is -0.0813 e. The van der Waals surface area contributed by atoms with Crippen LogP contribution < -0.4 is 0 Å². The summed E-state index contributed by atoms with van der Waals surface area (Å²) in [5.41, 5.74) is 5.92. The Hall–Kier alpha value is -0.350. The van der Waals surface area contributed by atoms with E-state index in [0.717, 1.165) is 0 Å². The number of thioether (sulfide) groups is 1. The lowest BCUT2D eigenvalue weighted by Crippen LogP contribution is -1.55. The van der Waals surface area contributed by atoms with E-state index in [1.165, 1.54) is 9.81 Å². The lowest BCUT2D eigenvalue weighted by atomic mass is 10.6. The van der Waals surface area contributed by atoms with Gasteiger partial charge in [-0.1, -0.05) is 23.2 Å². The molecule has 0 unspecified atom stereocenters. The highest BCUT2D eigenvalue weighted by Gasteiger charge is 1.93. The van der Waals surface area contributed by atoms with Crippen LogP contribution in [0.3, 0.4) is 0 Å². The summed E-state index contributed by atoms with van der Waals surface area (Å²) in [6.45, 7) is 4.07. The molecule has 0 nitrogen and oxygen atoms in total. The molecular formula is C6H6S. The van der Waals surface area contributed by atoms with Gasteiger partial charge in [0.25, 0.3) is 0 Å². The topological polar surface area (TPSA) is 0 Å². The average molecular weight is 110 g/mol. The molecule has 1 aliphatic heterocycles. The highest BCUT2D eigenvalue weighted by Crippen LogP contribution is 2.25. The SMILES string of the molecule is CC1=C=C=C(C)S1. The first kappa shape index (κ1) is 4.80. The van der Waals surface area contributed by atoms with E-state index >= 15 is 0 Å². The molecule has 0 aromatic carbocycles. The van der Waals surface area contributed by atoms with Gasteiger partial charge < -0.3 is 0 Å². The molecule has 0 amide bonds. The van der Waals surface area contributed by atoms with Crippen molar-refractivity contribution >= 4 is 11.8 Å². The fourth-order valence-electron chi connectivity index (χ4n) is 0.457. The normalized spacial score (nSPS) is 16.9. The zero-order valence-electron chi connectivity index (χ0n) is 4.41. The monoisotopic (exact) mass is 110 g/mol. The Morgan fingerprint density at radius 3 is 1.71 bits per heavy atom. The van der Waals surface area contributed by atoms with E-state index in [0.29, 0.717) is 0 Å². The summed E-state index contributed by atoms with van der Waals surface area (Å²) >= 11 is 1.73. The summed E-state index contributed by atoms with van der Waals surface area (Å²) in [6.07, 6.45) is 0. The third-order valence-electron chi connectivity index (χ3n) is 0.721. The van der Waals surface area contributed by atoms with Crippen molar-refractivity contribution < 1.29 is 0 Å². The second kappa shape index (κ2) is 1.63. The molecule has 0 aromatic heterocycles. The second-order valence-electron chi connectivity index (χ2n) is 1.46. The Balaban J connectivity index is 3.04. The van der Waals surface area contributed by atoms with Crippen molar-refractivity contribution in [3.63, 3.8) is 0 Å². The van der Waals surface area contributed by atoms with Crippen molar-refractivity contribution in [3.05, 3.63) is 21.3 Å². The van der Waals surface area contributed by atoms with E-state index < -0.39 is 0 Å². The van der Waals surface area contributed by atoms with Crippen LogP contribution in [0.4, 0.5) is 0 Å². The fourth-order valence-corrected chi connectivity index (χ4v) is 1.12. The zero-order chi connectivity index (χ0) is 5.28. The van der Waals surface area contributed by atoms with E-state index in [1.807, 2.05) is 13.8 Å². The minimum atomic E-state index is 1.22. The van der Waals surface area contributed by atoms with Gasteiger partial charge in [0.15, 0.2) is 0 Å². The summed E-state index contributed by atoms with van der Waals surface area (Å²) in [7, 11) is 0. The first-order valence-electron chi connectivity index (χ1n) is 2.16. The molecule has 0 spiro atoms. The highest BCUT2D eigenvalue weighted by atomic mass is 32.2. The molecule has 0 bridgehead atoms. The van der Waals surface area contributed by atoms with E-state index in [-0.39, 0.29) is 0 Å². The largest absolute Gasteiger partial charge is 0.0813 e. The molecule has 0 fully saturated rings. The van der Waals surface area contributed by atoms with Gasteiger partial charge in [-0.3, -0.25) is 0 Å². The zero-order valence-corrected chi connectivity index (χ0v) is 5.22. The van der Waals surface area contributed by atoms with Crippen LogP contribution in [-0.2, 0) is 0 Å². The number of hydrogen-bond donors (Lipinski definition) is 0. The van der Waals surface area contributed by atoms with Gasteiger partial charge >= 0.3 is 0 Å². The molecule has 36 valence electrons. The van der Waals surface area contributed by atoms with Crippen LogP contribution in [0.25, 0.3) is 0 Å². The van der Waals surface area contributed by atoms with E-state index in [2.05, 4.69) is 11.5 Å². The van der Waals surface area contributed by atoms with Crippen LogP contribution in [0.1, 0.15) is 13.8 Å². The Morgan fingerprint density at radius 1 is 1.14 bits per heavy atom. The molecule has 0 saturated carbocycles. The van der Waals surface area contributed by atoms with Crippen molar-refractivity contribution in [2.45, 2.75) is 13.8 Å². The van der Waals surface area contributed by atoms with Gasteiger partial charge in [0.05, 0.1) is 0 Å². The fraction of sp³-hybridized carbons (Fsp3) is 0.333. The number of rotatable bonds is 0. The van der Waals surface area contributed by atoms with Crippen LogP contribution in [0.2, 0.25) is 0 Å². The Morgan fingerprint density at radius 2 is 1.57 bits per heavy atom. The Labute approximate surface area is 47.6 Å². The molecule has 1 aliphatic rings. The molecule has 0 aliphatic carbocycles.